The van der Waals surface area contributed by atoms with Gasteiger partial charge >= 0.3 is 0 Å². The van der Waals surface area contributed by atoms with E-state index in [1.807, 2.05) is 0 Å². The first-order valence-corrected chi connectivity index (χ1v) is 6.97. The van der Waals surface area contributed by atoms with E-state index >= 15 is 0 Å². The highest BCUT2D eigenvalue weighted by Crippen LogP contribution is 2.72. The highest BCUT2D eigenvalue weighted by atomic mass is 79.9. The van der Waals surface area contributed by atoms with Crippen molar-refractivity contribution < 1.29 is 4.79 Å². The Morgan fingerprint density at radius 2 is 1.86 bits per heavy atom. The SMILES string of the molecule is CC12CC(Br)(Br)C(=O)C3[C@@H]1CCC[C@@H]32. The van der Waals surface area contributed by atoms with Crippen LogP contribution in [0.15, 0.2) is 0 Å². The van der Waals surface area contributed by atoms with Gasteiger partial charge in [-0.15, -0.1) is 0 Å². The number of halogens is 2. The molecule has 0 aliphatic heterocycles. The summed E-state index contributed by atoms with van der Waals surface area (Å²) in [7, 11) is 0. The average Bonchev–Trinajstić information content (AvgIpc) is 2.13. The molecule has 3 aliphatic carbocycles. The Bertz CT molecular complexity index is 298. The van der Waals surface area contributed by atoms with E-state index in [9.17, 15) is 4.79 Å². The molecule has 3 rings (SSSR count). The number of carbonyl (C=O) groups excluding carboxylic acids is 1. The quantitative estimate of drug-likeness (QED) is 0.624. The lowest BCUT2D eigenvalue weighted by Gasteiger charge is -2.68. The Hall–Kier alpha value is 0.630. The Morgan fingerprint density at radius 3 is 2.43 bits per heavy atom. The van der Waals surface area contributed by atoms with Gasteiger partial charge in [0.15, 0.2) is 5.78 Å². The van der Waals surface area contributed by atoms with Crippen LogP contribution in [0.5, 0.6) is 0 Å². The van der Waals surface area contributed by atoms with Gasteiger partial charge in [0, 0.05) is 5.92 Å². The molecule has 0 aromatic heterocycles. The zero-order valence-electron chi connectivity index (χ0n) is 8.22. The summed E-state index contributed by atoms with van der Waals surface area (Å²) in [5.74, 6) is 2.16. The lowest BCUT2D eigenvalue weighted by molar-refractivity contribution is -0.190. The maximum Gasteiger partial charge on any atom is 0.163 e. The van der Waals surface area contributed by atoms with Crippen molar-refractivity contribution in [2.45, 2.75) is 35.8 Å². The zero-order valence-corrected chi connectivity index (χ0v) is 11.4. The number of carbonyl (C=O) groups is 1. The Morgan fingerprint density at radius 1 is 1.29 bits per heavy atom. The van der Waals surface area contributed by atoms with Crippen LogP contribution >= 0.6 is 31.9 Å². The number of Topliss-reactive ketones (excluding diaryl/α,β-unsaturated/α-hetero) is 1. The molecule has 3 heteroatoms. The summed E-state index contributed by atoms with van der Waals surface area (Å²) in [6, 6.07) is 0. The lowest BCUT2D eigenvalue weighted by atomic mass is 9.37. The molecule has 0 radical (unpaired) electrons. The molecule has 0 unspecified atom stereocenters. The first kappa shape index (κ1) is 9.83. The van der Waals surface area contributed by atoms with Crippen LogP contribution in [0.1, 0.15) is 32.6 Å². The van der Waals surface area contributed by atoms with Gasteiger partial charge in [0.1, 0.15) is 3.23 Å². The zero-order chi connectivity index (χ0) is 10.1. The molecular weight excluding hydrogens is 308 g/mol. The smallest absolute Gasteiger partial charge is 0.163 e. The van der Waals surface area contributed by atoms with E-state index < -0.39 is 3.23 Å². The first-order valence-electron chi connectivity index (χ1n) is 5.39. The van der Waals surface area contributed by atoms with E-state index in [0.29, 0.717) is 29.0 Å². The van der Waals surface area contributed by atoms with Crippen molar-refractivity contribution in [1.29, 1.82) is 0 Å². The summed E-state index contributed by atoms with van der Waals surface area (Å²) in [5, 5.41) is 0. The number of ketones is 1. The topological polar surface area (TPSA) is 17.1 Å². The third kappa shape index (κ3) is 0.940. The Labute approximate surface area is 101 Å². The van der Waals surface area contributed by atoms with Gasteiger partial charge in [-0.1, -0.05) is 45.2 Å². The number of hydrogen-bond donors (Lipinski definition) is 0. The van der Waals surface area contributed by atoms with Crippen LogP contribution in [-0.4, -0.2) is 9.02 Å². The second kappa shape index (κ2) is 2.65. The molecule has 0 spiro atoms. The maximum absolute atomic E-state index is 12.1. The monoisotopic (exact) mass is 320 g/mol. The summed E-state index contributed by atoms with van der Waals surface area (Å²) in [5.41, 5.74) is 0.434. The highest BCUT2D eigenvalue weighted by molar-refractivity contribution is 9.25. The molecular formula is C11H14Br2O. The third-order valence-electron chi connectivity index (χ3n) is 4.86. The summed E-state index contributed by atoms with van der Waals surface area (Å²) in [4.78, 5) is 12.1. The minimum Gasteiger partial charge on any atom is -0.297 e. The van der Waals surface area contributed by atoms with Crippen LogP contribution in [0.3, 0.4) is 0 Å². The molecule has 0 N–H and O–H groups in total. The van der Waals surface area contributed by atoms with Gasteiger partial charge in [0.2, 0.25) is 0 Å². The van der Waals surface area contributed by atoms with E-state index in [2.05, 4.69) is 38.8 Å². The fraction of sp³-hybridized carbons (Fsp3) is 0.909. The maximum atomic E-state index is 12.1. The second-order valence-corrected chi connectivity index (χ2v) is 9.19. The van der Waals surface area contributed by atoms with Gasteiger partial charge in [-0.2, -0.15) is 0 Å². The predicted molar refractivity (Wildman–Crippen MR) is 62.6 cm³/mol. The van der Waals surface area contributed by atoms with Crippen molar-refractivity contribution in [3.05, 3.63) is 0 Å². The normalized spacial score (nSPS) is 53.9. The molecule has 2 atom stereocenters. The van der Waals surface area contributed by atoms with E-state index in [-0.39, 0.29) is 0 Å². The van der Waals surface area contributed by atoms with E-state index in [4.69, 9.17) is 0 Å². The van der Waals surface area contributed by atoms with Crippen LogP contribution in [0.25, 0.3) is 0 Å². The largest absolute Gasteiger partial charge is 0.297 e. The number of fused-ring (bicyclic) bond motifs is 1. The molecule has 1 nitrogen and oxygen atoms in total. The van der Waals surface area contributed by atoms with Crippen LogP contribution in [-0.2, 0) is 4.79 Å². The lowest BCUT2D eigenvalue weighted by Crippen LogP contribution is -2.68. The minimum absolute atomic E-state index is 0.362. The van der Waals surface area contributed by atoms with Crippen LogP contribution in [0.4, 0.5) is 0 Å². The third-order valence-corrected chi connectivity index (χ3v) is 6.20. The van der Waals surface area contributed by atoms with Crippen molar-refractivity contribution in [3.8, 4) is 0 Å². The molecule has 0 amide bonds. The molecule has 78 valence electrons. The van der Waals surface area contributed by atoms with Crippen molar-refractivity contribution in [1.82, 2.24) is 0 Å². The van der Waals surface area contributed by atoms with E-state index in [1.54, 1.807) is 0 Å². The molecule has 0 saturated heterocycles. The fourth-order valence-corrected chi connectivity index (χ4v) is 6.01. The number of rotatable bonds is 0. The molecule has 0 aromatic carbocycles. The first-order chi connectivity index (χ1) is 6.47. The molecule has 3 aliphatic rings. The molecule has 0 aromatic rings. The second-order valence-electron chi connectivity index (χ2n) is 5.42. The van der Waals surface area contributed by atoms with Crippen molar-refractivity contribution in [3.63, 3.8) is 0 Å². The van der Waals surface area contributed by atoms with Gasteiger partial charge in [0.25, 0.3) is 0 Å². The minimum atomic E-state index is -0.399. The van der Waals surface area contributed by atoms with E-state index in [0.717, 1.165) is 6.42 Å². The molecule has 14 heavy (non-hydrogen) atoms. The predicted octanol–water partition coefficient (Wildman–Crippen LogP) is 3.50. The number of alkyl halides is 2. The number of hydrogen-bond acceptors (Lipinski definition) is 1. The summed E-state index contributed by atoms with van der Waals surface area (Å²) in [6.45, 7) is 2.38. The van der Waals surface area contributed by atoms with Crippen LogP contribution in [0.2, 0.25) is 0 Å². The van der Waals surface area contributed by atoms with E-state index in [1.165, 1.54) is 19.3 Å². The molecule has 0 heterocycles. The summed E-state index contributed by atoms with van der Waals surface area (Å²) < 4.78 is -0.399. The van der Waals surface area contributed by atoms with Crippen molar-refractivity contribution in [2.75, 3.05) is 0 Å². The Balaban J connectivity index is 2.00. The Kier molecular flexibility index (Phi) is 1.86. The van der Waals surface area contributed by atoms with Gasteiger partial charge < -0.3 is 0 Å². The van der Waals surface area contributed by atoms with Crippen LogP contribution in [0, 0.1) is 23.2 Å². The van der Waals surface area contributed by atoms with Crippen molar-refractivity contribution in [2.24, 2.45) is 23.2 Å². The van der Waals surface area contributed by atoms with Gasteiger partial charge in [-0.3, -0.25) is 4.79 Å². The highest BCUT2D eigenvalue weighted by Gasteiger charge is 2.70. The molecule has 4 bridgehead atoms. The summed E-state index contributed by atoms with van der Waals surface area (Å²) >= 11 is 7.08. The standard InChI is InChI=1S/C11H14Br2O/c1-10-5-11(12,13)9(14)8-6(10)3-2-4-7(8)10/h6-8H,2-5H2,1H3/t6-,7-,8?,10?/m0/s1. The summed E-state index contributed by atoms with van der Waals surface area (Å²) in [6.07, 6.45) is 4.87. The van der Waals surface area contributed by atoms with Crippen LogP contribution < -0.4 is 0 Å². The van der Waals surface area contributed by atoms with Gasteiger partial charge in [0.05, 0.1) is 0 Å². The molecule has 3 saturated carbocycles. The van der Waals surface area contributed by atoms with Gasteiger partial charge in [-0.25, -0.2) is 0 Å². The molecule has 3 fully saturated rings. The average molecular weight is 322 g/mol. The fourth-order valence-electron chi connectivity index (χ4n) is 4.27. The van der Waals surface area contributed by atoms with Gasteiger partial charge in [-0.05, 0) is 36.5 Å². The van der Waals surface area contributed by atoms with Crippen molar-refractivity contribution >= 4 is 37.6 Å².